The quantitative estimate of drug-likeness (QED) is 0.237. The molecule has 9 nitrogen and oxygen atoms in total. The smallest absolute Gasteiger partial charge is 0.356 e. The number of esters is 1. The predicted molar refractivity (Wildman–Crippen MR) is 158 cm³/mol. The van der Waals surface area contributed by atoms with Crippen molar-refractivity contribution in [3.8, 4) is 0 Å². The van der Waals surface area contributed by atoms with Gasteiger partial charge >= 0.3 is 10.8 Å². The molecule has 0 bridgehead atoms. The maximum Gasteiger partial charge on any atom is 0.356 e. The zero-order valence-electron chi connectivity index (χ0n) is 22.1. The minimum absolute atomic E-state index is 0.0476. The second-order valence-corrected chi connectivity index (χ2v) is 12.2. The van der Waals surface area contributed by atoms with E-state index in [0.717, 1.165) is 32.9 Å². The third-order valence-electron chi connectivity index (χ3n) is 7.12. The van der Waals surface area contributed by atoms with Gasteiger partial charge in [-0.25, -0.2) is 4.79 Å². The van der Waals surface area contributed by atoms with Gasteiger partial charge in [0.2, 0.25) is 5.91 Å². The van der Waals surface area contributed by atoms with Crippen LogP contribution in [0.15, 0.2) is 107 Å². The van der Waals surface area contributed by atoms with Crippen LogP contribution in [0.5, 0.6) is 0 Å². The van der Waals surface area contributed by atoms with E-state index in [-0.39, 0.29) is 28.3 Å². The highest BCUT2D eigenvalue weighted by Crippen LogP contribution is 2.39. The number of nitrogens with one attached hydrogen (secondary N) is 2. The number of thiazole rings is 1. The van der Waals surface area contributed by atoms with Crippen LogP contribution < -0.4 is 10.2 Å². The van der Waals surface area contributed by atoms with Crippen molar-refractivity contribution in [2.24, 2.45) is 0 Å². The fourth-order valence-corrected chi connectivity index (χ4v) is 7.43. The van der Waals surface area contributed by atoms with Crippen molar-refractivity contribution in [1.82, 2.24) is 15.2 Å². The number of amides is 2. The minimum Gasteiger partial charge on any atom is -0.448 e. The van der Waals surface area contributed by atoms with E-state index >= 15 is 0 Å². The third-order valence-corrected chi connectivity index (χ3v) is 9.38. The fourth-order valence-electron chi connectivity index (χ4n) is 5.15. The maximum atomic E-state index is 14.0. The molecule has 1 saturated heterocycles. The van der Waals surface area contributed by atoms with E-state index in [0.29, 0.717) is 5.69 Å². The third kappa shape index (κ3) is 5.36. The normalized spacial score (nSPS) is 19.7. The van der Waals surface area contributed by atoms with Gasteiger partial charge in [0, 0.05) is 11.0 Å². The van der Waals surface area contributed by atoms with E-state index in [1.165, 1.54) is 5.38 Å². The highest BCUT2D eigenvalue weighted by Gasteiger charge is 2.57. The molecule has 0 aliphatic carbocycles. The number of fused-ring (bicyclic) bond motifs is 1. The molecule has 6 rings (SSSR count). The number of rotatable bonds is 8. The molecule has 212 valence electrons. The molecule has 3 heterocycles. The SMILES string of the molecule is O=C(Cc1ccccc1)NC1C(=O)N2C(C(=O)OC(c3ccccc3)c3ccccc3)=C(c3csc(=O)[nH]3)CS(=O)[C@H]12. The maximum absolute atomic E-state index is 14.0. The Bertz CT molecular complexity index is 1710. The molecule has 0 radical (unpaired) electrons. The Balaban J connectivity index is 1.33. The molecule has 2 unspecified atom stereocenters. The number of hydrogen-bond donors (Lipinski definition) is 2. The number of benzene rings is 3. The van der Waals surface area contributed by atoms with Crippen molar-refractivity contribution in [3.63, 3.8) is 0 Å². The average Bonchev–Trinajstić information content (AvgIpc) is 3.45. The first-order valence-corrected chi connectivity index (χ1v) is 15.4. The van der Waals surface area contributed by atoms with Crippen LogP contribution in [0.2, 0.25) is 0 Å². The van der Waals surface area contributed by atoms with Crippen molar-refractivity contribution < 1.29 is 23.3 Å². The molecule has 3 aromatic carbocycles. The number of H-pyrrole nitrogens is 1. The lowest BCUT2D eigenvalue weighted by molar-refractivity contribution is -0.154. The first-order valence-electron chi connectivity index (χ1n) is 13.2. The van der Waals surface area contributed by atoms with Crippen LogP contribution in [0.4, 0.5) is 0 Å². The summed E-state index contributed by atoms with van der Waals surface area (Å²) in [5.74, 6) is -1.89. The molecule has 4 aromatic rings. The molecule has 1 fully saturated rings. The Morgan fingerprint density at radius 2 is 1.55 bits per heavy atom. The van der Waals surface area contributed by atoms with Crippen molar-refractivity contribution >= 4 is 45.5 Å². The van der Waals surface area contributed by atoms with Crippen LogP contribution >= 0.6 is 11.3 Å². The summed E-state index contributed by atoms with van der Waals surface area (Å²) in [6.07, 6.45) is -0.745. The van der Waals surface area contributed by atoms with Gasteiger partial charge in [0.15, 0.2) is 6.10 Å². The molecule has 0 spiro atoms. The molecule has 11 heteroatoms. The fraction of sp³-hybridized carbons (Fsp3) is 0.161. The molecule has 2 amide bonds. The van der Waals surface area contributed by atoms with Gasteiger partial charge in [0.1, 0.15) is 17.1 Å². The lowest BCUT2D eigenvalue weighted by atomic mass is 10.00. The molecular weight excluding hydrogens is 574 g/mol. The number of aromatic amines is 1. The van der Waals surface area contributed by atoms with Crippen molar-refractivity contribution in [3.05, 3.63) is 134 Å². The summed E-state index contributed by atoms with van der Waals surface area (Å²) in [4.78, 5) is 55.8. The van der Waals surface area contributed by atoms with Crippen LogP contribution in [0.1, 0.15) is 28.5 Å². The van der Waals surface area contributed by atoms with E-state index in [2.05, 4.69) is 10.3 Å². The molecule has 2 aliphatic heterocycles. The zero-order chi connectivity index (χ0) is 29.2. The summed E-state index contributed by atoms with van der Waals surface area (Å²) >= 11 is 0.895. The van der Waals surface area contributed by atoms with E-state index in [9.17, 15) is 23.4 Å². The number of nitrogens with zero attached hydrogens (tertiary/aromatic N) is 1. The Labute approximate surface area is 247 Å². The van der Waals surface area contributed by atoms with Crippen molar-refractivity contribution in [2.45, 2.75) is 23.9 Å². The van der Waals surface area contributed by atoms with Crippen molar-refractivity contribution in [2.75, 3.05) is 5.75 Å². The molecule has 1 aromatic heterocycles. The van der Waals surface area contributed by atoms with Crippen LogP contribution in [-0.2, 0) is 36.3 Å². The van der Waals surface area contributed by atoms with Gasteiger partial charge in [0.05, 0.1) is 28.7 Å². The molecule has 2 aliphatic rings. The highest BCUT2D eigenvalue weighted by atomic mass is 32.2. The number of carbonyl (C=O) groups excluding carboxylic acids is 3. The molecule has 3 atom stereocenters. The van der Waals surface area contributed by atoms with E-state index < -0.39 is 46.1 Å². The first-order chi connectivity index (χ1) is 20.4. The number of β-lactam (4-membered cyclic amide) rings is 1. The van der Waals surface area contributed by atoms with Gasteiger partial charge in [-0.15, -0.1) is 0 Å². The summed E-state index contributed by atoms with van der Waals surface area (Å²) in [7, 11) is -1.68. The molecule has 2 N–H and O–H groups in total. The summed E-state index contributed by atoms with van der Waals surface area (Å²) in [5, 5.41) is 3.27. The Morgan fingerprint density at radius 3 is 2.12 bits per heavy atom. The van der Waals surface area contributed by atoms with E-state index in [4.69, 9.17) is 4.74 Å². The van der Waals surface area contributed by atoms with Crippen LogP contribution in [0.25, 0.3) is 5.57 Å². The van der Waals surface area contributed by atoms with Gasteiger partial charge in [-0.3, -0.25) is 23.5 Å². The Kier molecular flexibility index (Phi) is 7.68. The van der Waals surface area contributed by atoms with Crippen LogP contribution in [-0.4, -0.2) is 49.0 Å². The topological polar surface area (TPSA) is 126 Å². The Hall–Kier alpha value is -4.61. The van der Waals surface area contributed by atoms with Gasteiger partial charge in [-0.1, -0.05) is 102 Å². The number of carbonyl (C=O) groups is 3. The summed E-state index contributed by atoms with van der Waals surface area (Å²) in [6.45, 7) is 0. The monoisotopic (exact) mass is 599 g/mol. The first kappa shape index (κ1) is 27.6. The summed E-state index contributed by atoms with van der Waals surface area (Å²) in [6, 6.07) is 26.4. The average molecular weight is 600 g/mol. The number of ether oxygens (including phenoxy) is 1. The minimum atomic E-state index is -1.68. The molecule has 0 saturated carbocycles. The van der Waals surface area contributed by atoms with Gasteiger partial charge < -0.3 is 15.0 Å². The highest BCUT2D eigenvalue weighted by molar-refractivity contribution is 7.86. The lowest BCUT2D eigenvalue weighted by Gasteiger charge is -2.49. The summed E-state index contributed by atoms with van der Waals surface area (Å²) < 4.78 is 19.6. The van der Waals surface area contributed by atoms with E-state index in [1.807, 2.05) is 78.9 Å². The van der Waals surface area contributed by atoms with Crippen LogP contribution in [0, 0.1) is 0 Å². The Morgan fingerprint density at radius 1 is 0.952 bits per heavy atom. The molecular formula is C31H25N3O6S2. The standard InChI is InChI=1S/C31H25N3O6S2/c35-24(16-19-10-4-1-5-11-19)33-25-28(36)34-26(22(18-42(39)29(25)34)23-17-41-31(38)32-23)30(37)40-27(20-12-6-2-7-13-20)21-14-8-3-9-15-21/h1-15,17,25,27,29H,16,18H2,(H,32,38)(H,33,35)/t25?,29-,42?/m1/s1. The lowest BCUT2D eigenvalue weighted by Crippen LogP contribution is -2.73. The van der Waals surface area contributed by atoms with E-state index in [1.54, 1.807) is 12.1 Å². The largest absolute Gasteiger partial charge is 0.448 e. The molecule has 42 heavy (non-hydrogen) atoms. The summed E-state index contributed by atoms with van der Waals surface area (Å²) in [5.41, 5.74) is 2.66. The van der Waals surface area contributed by atoms with Crippen LogP contribution in [0.3, 0.4) is 0 Å². The number of hydrogen-bond acceptors (Lipinski definition) is 7. The predicted octanol–water partition coefficient (Wildman–Crippen LogP) is 3.14. The second-order valence-electron chi connectivity index (χ2n) is 9.83. The second kappa shape index (κ2) is 11.7. The van der Waals surface area contributed by atoms with Gasteiger partial charge in [-0.05, 0) is 16.7 Å². The van der Waals surface area contributed by atoms with Gasteiger partial charge in [-0.2, -0.15) is 0 Å². The van der Waals surface area contributed by atoms with Crippen molar-refractivity contribution in [1.29, 1.82) is 0 Å². The number of aromatic nitrogens is 1. The van der Waals surface area contributed by atoms with Gasteiger partial charge in [0.25, 0.3) is 5.91 Å². The zero-order valence-corrected chi connectivity index (χ0v) is 23.7.